The minimum atomic E-state index is -3.67. The van der Waals surface area contributed by atoms with Crippen molar-refractivity contribution in [2.75, 3.05) is 13.1 Å². The third kappa shape index (κ3) is 2.85. The van der Waals surface area contributed by atoms with E-state index in [1.54, 1.807) is 26.0 Å². The van der Waals surface area contributed by atoms with E-state index in [1.807, 2.05) is 6.07 Å². The van der Waals surface area contributed by atoms with E-state index in [0.29, 0.717) is 30.5 Å². The van der Waals surface area contributed by atoms with Gasteiger partial charge in [-0.25, -0.2) is 8.42 Å². The van der Waals surface area contributed by atoms with Crippen LogP contribution in [0.4, 0.5) is 0 Å². The molecule has 1 unspecified atom stereocenters. The Hall–Kier alpha value is -1.42. The molecule has 5 nitrogen and oxygen atoms in total. The molecule has 0 aliphatic carbocycles. The van der Waals surface area contributed by atoms with Crippen LogP contribution in [0.5, 0.6) is 0 Å². The third-order valence-corrected chi connectivity index (χ3v) is 5.56. The fourth-order valence-electron chi connectivity index (χ4n) is 2.47. The molecule has 0 spiro atoms. The summed E-state index contributed by atoms with van der Waals surface area (Å²) in [6.45, 7) is 3.84. The van der Waals surface area contributed by atoms with E-state index < -0.39 is 15.6 Å². The Kier molecular flexibility index (Phi) is 3.87. The predicted octanol–water partition coefficient (Wildman–Crippen LogP) is 1.40. The normalized spacial score (nSPS) is 24.3. The summed E-state index contributed by atoms with van der Waals surface area (Å²) in [6, 6.07) is 6.58. The Balaban J connectivity index is 2.43. The summed E-state index contributed by atoms with van der Waals surface area (Å²) in [7, 11) is -3.67. The van der Waals surface area contributed by atoms with Crippen LogP contribution in [0.25, 0.3) is 0 Å². The van der Waals surface area contributed by atoms with Crippen molar-refractivity contribution in [3.63, 3.8) is 0 Å². The van der Waals surface area contributed by atoms with Crippen LogP contribution in [0.3, 0.4) is 0 Å². The van der Waals surface area contributed by atoms with Crippen LogP contribution in [0, 0.1) is 18.3 Å². The molecule has 0 amide bonds. The van der Waals surface area contributed by atoms with Crippen LogP contribution >= 0.6 is 0 Å². The van der Waals surface area contributed by atoms with Gasteiger partial charge in [-0.1, -0.05) is 6.07 Å². The molecule has 0 aromatic heterocycles. The lowest BCUT2D eigenvalue weighted by Gasteiger charge is -2.36. The van der Waals surface area contributed by atoms with E-state index in [9.17, 15) is 13.5 Å². The summed E-state index contributed by atoms with van der Waals surface area (Å²) in [5, 5.41) is 19.0. The van der Waals surface area contributed by atoms with Crippen LogP contribution in [0.2, 0.25) is 0 Å². The largest absolute Gasteiger partial charge is 0.389 e. The number of nitriles is 1. The zero-order valence-corrected chi connectivity index (χ0v) is 12.4. The van der Waals surface area contributed by atoms with Crippen molar-refractivity contribution in [3.05, 3.63) is 29.3 Å². The first kappa shape index (κ1) is 15.0. The number of hydrogen-bond donors (Lipinski definition) is 1. The smallest absolute Gasteiger partial charge is 0.243 e. The molecule has 1 aromatic rings. The van der Waals surface area contributed by atoms with Gasteiger partial charge in [0.05, 0.1) is 22.1 Å². The second-order valence-corrected chi connectivity index (χ2v) is 7.44. The first-order valence-corrected chi connectivity index (χ1v) is 7.93. The highest BCUT2D eigenvalue weighted by molar-refractivity contribution is 7.89. The minimum absolute atomic E-state index is 0.0888. The average Bonchev–Trinajstić information content (AvgIpc) is 2.38. The van der Waals surface area contributed by atoms with Gasteiger partial charge < -0.3 is 5.11 Å². The summed E-state index contributed by atoms with van der Waals surface area (Å²) in [4.78, 5) is 0.147. The van der Waals surface area contributed by atoms with Crippen molar-refractivity contribution < 1.29 is 13.5 Å². The molecular weight excluding hydrogens is 276 g/mol. The van der Waals surface area contributed by atoms with Crippen molar-refractivity contribution in [2.24, 2.45) is 0 Å². The number of aliphatic hydroxyl groups is 1. The maximum Gasteiger partial charge on any atom is 0.243 e. The average molecular weight is 294 g/mol. The molecule has 0 saturated carbocycles. The van der Waals surface area contributed by atoms with Crippen molar-refractivity contribution in [1.29, 1.82) is 5.26 Å². The maximum absolute atomic E-state index is 12.7. The first-order chi connectivity index (χ1) is 9.26. The highest BCUT2D eigenvalue weighted by atomic mass is 32.2. The number of benzene rings is 1. The number of nitrogens with zero attached hydrogens (tertiary/aromatic N) is 2. The quantitative estimate of drug-likeness (QED) is 0.894. The van der Waals surface area contributed by atoms with Gasteiger partial charge in [-0.05, 0) is 44.4 Å². The molecule has 1 atom stereocenters. The molecule has 0 radical (unpaired) electrons. The topological polar surface area (TPSA) is 81.4 Å². The highest BCUT2D eigenvalue weighted by Gasteiger charge is 2.36. The lowest BCUT2D eigenvalue weighted by atomic mass is 9.97. The predicted molar refractivity (Wildman–Crippen MR) is 74.5 cm³/mol. The van der Waals surface area contributed by atoms with E-state index in [0.717, 1.165) is 0 Å². The van der Waals surface area contributed by atoms with Gasteiger partial charge in [-0.2, -0.15) is 9.57 Å². The number of β-amino-alcohol motifs (C(OH)–C–C–N with tert-alkyl or cyclic N) is 1. The van der Waals surface area contributed by atoms with E-state index in [-0.39, 0.29) is 11.4 Å². The molecule has 108 valence electrons. The van der Waals surface area contributed by atoms with Crippen LogP contribution in [0.1, 0.15) is 30.9 Å². The zero-order chi connectivity index (χ0) is 15.0. The van der Waals surface area contributed by atoms with Gasteiger partial charge in [-0.3, -0.25) is 0 Å². The second kappa shape index (κ2) is 5.17. The lowest BCUT2D eigenvalue weighted by molar-refractivity contribution is 0.00939. The number of sulfonamides is 1. The summed E-state index contributed by atoms with van der Waals surface area (Å²) < 4.78 is 26.6. The Morgan fingerprint density at radius 2 is 2.15 bits per heavy atom. The Bertz CT molecular complexity index is 659. The Labute approximate surface area is 119 Å². The van der Waals surface area contributed by atoms with Gasteiger partial charge in [0.25, 0.3) is 0 Å². The molecule has 0 bridgehead atoms. The summed E-state index contributed by atoms with van der Waals surface area (Å²) in [5.74, 6) is 0. The van der Waals surface area contributed by atoms with E-state index in [4.69, 9.17) is 5.26 Å². The standard InChI is InChI=1S/C14H18N2O3S/c1-11-4-5-12(9-15)8-13(11)20(18,19)16-7-3-6-14(2,17)10-16/h4-5,8,17H,3,6-7,10H2,1-2H3. The fourth-order valence-corrected chi connectivity index (χ4v) is 4.31. The summed E-state index contributed by atoms with van der Waals surface area (Å²) >= 11 is 0. The molecule has 1 fully saturated rings. The van der Waals surface area contributed by atoms with Gasteiger partial charge in [0.2, 0.25) is 10.0 Å². The third-order valence-electron chi connectivity index (χ3n) is 3.57. The van der Waals surface area contributed by atoms with E-state index >= 15 is 0 Å². The van der Waals surface area contributed by atoms with Crippen molar-refractivity contribution in [1.82, 2.24) is 4.31 Å². The number of rotatable bonds is 2. The zero-order valence-electron chi connectivity index (χ0n) is 11.6. The van der Waals surface area contributed by atoms with Gasteiger partial charge in [-0.15, -0.1) is 0 Å². The molecule has 6 heteroatoms. The van der Waals surface area contributed by atoms with E-state index in [1.165, 1.54) is 10.4 Å². The van der Waals surface area contributed by atoms with Gasteiger partial charge in [0.1, 0.15) is 0 Å². The monoisotopic (exact) mass is 294 g/mol. The van der Waals surface area contributed by atoms with Crippen molar-refractivity contribution in [3.8, 4) is 6.07 Å². The number of piperidine rings is 1. The van der Waals surface area contributed by atoms with Gasteiger partial charge in [0.15, 0.2) is 0 Å². The second-order valence-electron chi connectivity index (χ2n) is 5.53. The molecule has 1 N–H and O–H groups in total. The Morgan fingerprint density at radius 1 is 1.45 bits per heavy atom. The SMILES string of the molecule is Cc1ccc(C#N)cc1S(=O)(=O)N1CCCC(C)(O)C1. The summed E-state index contributed by atoms with van der Waals surface area (Å²) in [6.07, 6.45) is 1.22. The molecule has 20 heavy (non-hydrogen) atoms. The Morgan fingerprint density at radius 3 is 2.75 bits per heavy atom. The molecule has 1 aliphatic heterocycles. The van der Waals surface area contributed by atoms with Gasteiger partial charge >= 0.3 is 0 Å². The number of aryl methyl sites for hydroxylation is 1. The van der Waals surface area contributed by atoms with E-state index in [2.05, 4.69) is 0 Å². The van der Waals surface area contributed by atoms with Crippen molar-refractivity contribution >= 4 is 10.0 Å². The van der Waals surface area contributed by atoms with Crippen LogP contribution in [0.15, 0.2) is 23.1 Å². The molecule has 1 heterocycles. The molecule has 1 aromatic carbocycles. The van der Waals surface area contributed by atoms with Crippen LogP contribution < -0.4 is 0 Å². The number of hydrogen-bond acceptors (Lipinski definition) is 4. The molecule has 2 rings (SSSR count). The van der Waals surface area contributed by atoms with Crippen molar-refractivity contribution in [2.45, 2.75) is 37.2 Å². The first-order valence-electron chi connectivity index (χ1n) is 6.49. The van der Waals surface area contributed by atoms with Gasteiger partial charge in [0, 0.05) is 13.1 Å². The maximum atomic E-state index is 12.7. The molecular formula is C14H18N2O3S. The minimum Gasteiger partial charge on any atom is -0.389 e. The fraction of sp³-hybridized carbons (Fsp3) is 0.500. The lowest BCUT2D eigenvalue weighted by Crippen LogP contribution is -2.48. The van der Waals surface area contributed by atoms with Crippen LogP contribution in [-0.4, -0.2) is 36.5 Å². The summed E-state index contributed by atoms with van der Waals surface area (Å²) in [5.41, 5.74) is -0.0707. The molecule has 1 aliphatic rings. The molecule has 1 saturated heterocycles. The van der Waals surface area contributed by atoms with Crippen LogP contribution in [-0.2, 0) is 10.0 Å². The highest BCUT2D eigenvalue weighted by Crippen LogP contribution is 2.27.